The van der Waals surface area contributed by atoms with E-state index in [1.165, 1.54) is 12.8 Å². The summed E-state index contributed by atoms with van der Waals surface area (Å²) in [6, 6.07) is 11.1. The van der Waals surface area contributed by atoms with Crippen molar-refractivity contribution < 1.29 is 9.53 Å². The normalized spacial score (nSPS) is 21.6. The van der Waals surface area contributed by atoms with E-state index in [2.05, 4.69) is 31.4 Å². The van der Waals surface area contributed by atoms with Crippen molar-refractivity contribution in [1.82, 2.24) is 10.6 Å². The lowest BCUT2D eigenvalue weighted by Crippen LogP contribution is -2.54. The summed E-state index contributed by atoms with van der Waals surface area (Å²) in [5.74, 6) is 0.759. The molecule has 1 aromatic rings. The van der Waals surface area contributed by atoms with Crippen LogP contribution in [0.3, 0.4) is 0 Å². The molecule has 0 heterocycles. The van der Waals surface area contributed by atoms with E-state index in [0.29, 0.717) is 18.7 Å². The number of rotatable bonds is 8. The number of hydrogen-bond acceptors (Lipinski definition) is 3. The Morgan fingerprint density at radius 1 is 1.13 bits per heavy atom. The summed E-state index contributed by atoms with van der Waals surface area (Å²) in [6.07, 6.45) is 4.14. The van der Waals surface area contributed by atoms with E-state index in [0.717, 1.165) is 24.3 Å². The van der Waals surface area contributed by atoms with Gasteiger partial charge in [-0.15, -0.1) is 0 Å². The monoisotopic (exact) mass is 318 g/mol. The highest BCUT2D eigenvalue weighted by molar-refractivity contribution is 5.67. The fraction of sp³-hybridized carbons (Fsp3) is 0.632. The summed E-state index contributed by atoms with van der Waals surface area (Å²) < 4.78 is 5.25. The summed E-state index contributed by atoms with van der Waals surface area (Å²) in [5.41, 5.74) is 1.01. The van der Waals surface area contributed by atoms with Crippen LogP contribution in [-0.4, -0.2) is 24.2 Å². The zero-order valence-electron chi connectivity index (χ0n) is 14.5. The number of carbonyl (C=O) groups excluding carboxylic acids is 1. The van der Waals surface area contributed by atoms with Gasteiger partial charge in [0, 0.05) is 18.1 Å². The summed E-state index contributed by atoms with van der Waals surface area (Å²) in [4.78, 5) is 11.8. The molecule has 1 aliphatic carbocycles. The molecule has 1 saturated carbocycles. The van der Waals surface area contributed by atoms with Crippen LogP contribution in [0.4, 0.5) is 4.79 Å². The molecule has 2 rings (SSSR count). The maximum absolute atomic E-state index is 11.8. The maximum atomic E-state index is 11.8. The third-order valence-electron chi connectivity index (χ3n) is 4.37. The Hall–Kier alpha value is -1.55. The number of amides is 1. The van der Waals surface area contributed by atoms with Crippen LogP contribution in [0.2, 0.25) is 0 Å². The summed E-state index contributed by atoms with van der Waals surface area (Å²) in [5, 5.41) is 6.58. The van der Waals surface area contributed by atoms with Gasteiger partial charge in [-0.25, -0.2) is 4.79 Å². The first-order chi connectivity index (χ1) is 11.0. The van der Waals surface area contributed by atoms with Crippen LogP contribution in [-0.2, 0) is 11.3 Å². The highest BCUT2D eigenvalue weighted by atomic mass is 16.5. The van der Waals surface area contributed by atoms with Gasteiger partial charge in [-0.3, -0.25) is 0 Å². The zero-order chi connectivity index (χ0) is 16.7. The molecule has 0 aromatic heterocycles. The summed E-state index contributed by atoms with van der Waals surface area (Å²) >= 11 is 0. The molecule has 1 aromatic carbocycles. The van der Waals surface area contributed by atoms with Gasteiger partial charge in [-0.2, -0.15) is 0 Å². The minimum Gasteiger partial charge on any atom is -0.445 e. The van der Waals surface area contributed by atoms with Crippen LogP contribution in [0.5, 0.6) is 0 Å². The first-order valence-corrected chi connectivity index (χ1v) is 8.76. The van der Waals surface area contributed by atoms with Gasteiger partial charge in [0.15, 0.2) is 0 Å². The fourth-order valence-corrected chi connectivity index (χ4v) is 2.87. The molecule has 1 aliphatic rings. The Labute approximate surface area is 140 Å². The SMILES string of the molecule is CC(C)CCC(C)NC1CC(NC(=O)OCc2ccccc2)C1. The van der Waals surface area contributed by atoms with Crippen molar-refractivity contribution in [3.05, 3.63) is 35.9 Å². The molecule has 0 aliphatic heterocycles. The van der Waals surface area contributed by atoms with Gasteiger partial charge < -0.3 is 15.4 Å². The molecule has 23 heavy (non-hydrogen) atoms. The standard InChI is InChI=1S/C19H30N2O2/c1-14(2)9-10-15(3)20-17-11-18(12-17)21-19(22)23-13-16-7-5-4-6-8-16/h4-8,14-15,17-18,20H,9-13H2,1-3H3,(H,21,22). The Morgan fingerprint density at radius 3 is 2.48 bits per heavy atom. The first kappa shape index (κ1) is 17.8. The molecular formula is C19H30N2O2. The summed E-state index contributed by atoms with van der Waals surface area (Å²) in [6.45, 7) is 7.10. The Balaban J connectivity index is 1.56. The Morgan fingerprint density at radius 2 is 1.83 bits per heavy atom. The van der Waals surface area contributed by atoms with E-state index in [-0.39, 0.29) is 12.1 Å². The third kappa shape index (κ3) is 6.61. The molecule has 4 nitrogen and oxygen atoms in total. The van der Waals surface area contributed by atoms with Gasteiger partial charge in [0.25, 0.3) is 0 Å². The third-order valence-corrected chi connectivity index (χ3v) is 4.37. The van der Waals surface area contributed by atoms with Crippen molar-refractivity contribution in [3.63, 3.8) is 0 Å². The number of alkyl carbamates (subject to hydrolysis) is 1. The van der Waals surface area contributed by atoms with Gasteiger partial charge in [0.05, 0.1) is 0 Å². The first-order valence-electron chi connectivity index (χ1n) is 8.76. The predicted molar refractivity (Wildman–Crippen MR) is 93.2 cm³/mol. The van der Waals surface area contributed by atoms with Crippen LogP contribution in [0.1, 0.15) is 52.0 Å². The van der Waals surface area contributed by atoms with Gasteiger partial charge >= 0.3 is 6.09 Å². The van der Waals surface area contributed by atoms with Gasteiger partial charge in [-0.05, 0) is 44.1 Å². The highest BCUT2D eigenvalue weighted by Gasteiger charge is 2.31. The zero-order valence-corrected chi connectivity index (χ0v) is 14.5. The van der Waals surface area contributed by atoms with Crippen LogP contribution in [0.25, 0.3) is 0 Å². The molecule has 1 fully saturated rings. The average molecular weight is 318 g/mol. The Kier molecular flexibility index (Phi) is 6.90. The van der Waals surface area contributed by atoms with E-state index < -0.39 is 0 Å². The van der Waals surface area contributed by atoms with Crippen molar-refractivity contribution in [2.45, 2.75) is 71.2 Å². The van der Waals surface area contributed by atoms with Crippen molar-refractivity contribution in [1.29, 1.82) is 0 Å². The second kappa shape index (κ2) is 8.92. The van der Waals surface area contributed by atoms with E-state index in [4.69, 9.17) is 4.74 Å². The van der Waals surface area contributed by atoms with Crippen molar-refractivity contribution in [3.8, 4) is 0 Å². The Bertz CT molecular complexity index is 470. The highest BCUT2D eigenvalue weighted by Crippen LogP contribution is 2.21. The molecule has 4 heteroatoms. The van der Waals surface area contributed by atoms with Crippen molar-refractivity contribution in [2.75, 3.05) is 0 Å². The molecule has 1 unspecified atom stereocenters. The van der Waals surface area contributed by atoms with Gasteiger partial charge in [0.2, 0.25) is 0 Å². The van der Waals surface area contributed by atoms with E-state index >= 15 is 0 Å². The topological polar surface area (TPSA) is 50.4 Å². The fourth-order valence-electron chi connectivity index (χ4n) is 2.87. The minimum absolute atomic E-state index is 0.244. The number of nitrogens with one attached hydrogen (secondary N) is 2. The second-order valence-corrected chi connectivity index (χ2v) is 7.11. The van der Waals surface area contributed by atoms with Gasteiger partial charge in [0.1, 0.15) is 6.61 Å². The molecule has 0 saturated heterocycles. The molecule has 2 N–H and O–H groups in total. The summed E-state index contributed by atoms with van der Waals surface area (Å²) in [7, 11) is 0. The van der Waals surface area contributed by atoms with Crippen LogP contribution >= 0.6 is 0 Å². The number of benzene rings is 1. The predicted octanol–water partition coefficient (Wildman–Crippen LogP) is 3.86. The second-order valence-electron chi connectivity index (χ2n) is 7.11. The molecule has 1 amide bonds. The largest absolute Gasteiger partial charge is 0.445 e. The number of ether oxygens (including phenoxy) is 1. The lowest BCUT2D eigenvalue weighted by atomic mass is 9.86. The average Bonchev–Trinajstić information content (AvgIpc) is 2.50. The number of carbonyl (C=O) groups is 1. The number of hydrogen-bond donors (Lipinski definition) is 2. The lowest BCUT2D eigenvalue weighted by molar-refractivity contribution is 0.124. The molecule has 1 atom stereocenters. The minimum atomic E-state index is -0.315. The van der Waals surface area contributed by atoms with Crippen LogP contribution in [0, 0.1) is 5.92 Å². The molecular weight excluding hydrogens is 288 g/mol. The van der Waals surface area contributed by atoms with E-state index in [1.54, 1.807) is 0 Å². The van der Waals surface area contributed by atoms with Crippen molar-refractivity contribution >= 4 is 6.09 Å². The smallest absolute Gasteiger partial charge is 0.407 e. The molecule has 0 radical (unpaired) electrons. The lowest BCUT2D eigenvalue weighted by Gasteiger charge is -2.38. The van der Waals surface area contributed by atoms with E-state index in [1.807, 2.05) is 30.3 Å². The van der Waals surface area contributed by atoms with Crippen LogP contribution < -0.4 is 10.6 Å². The molecule has 0 spiro atoms. The quantitative estimate of drug-likeness (QED) is 0.765. The van der Waals surface area contributed by atoms with Crippen LogP contribution in [0.15, 0.2) is 30.3 Å². The van der Waals surface area contributed by atoms with Gasteiger partial charge in [-0.1, -0.05) is 44.2 Å². The molecule has 0 bridgehead atoms. The maximum Gasteiger partial charge on any atom is 0.407 e. The van der Waals surface area contributed by atoms with Crippen molar-refractivity contribution in [2.24, 2.45) is 5.92 Å². The molecule has 128 valence electrons. The van der Waals surface area contributed by atoms with E-state index in [9.17, 15) is 4.79 Å².